The molecule has 1 N–H and O–H groups in total. The zero-order valence-electron chi connectivity index (χ0n) is 13.0. The molecule has 24 heavy (non-hydrogen) atoms. The molecule has 2 aromatic rings. The standard InChI is InChI=1S/C17H15Cl2N3O2/c1-10(23)22-6-5-12-11(9-22)7-20-8-13(12)17(24)21-15-4-2-3-14(18)16(15)19/h2-4,7-8H,5-6,9H2,1H3,(H,21,24). The number of carbonyl (C=O) groups excluding carboxylic acids is 2. The van der Waals surface area contributed by atoms with Crippen molar-refractivity contribution in [1.82, 2.24) is 9.88 Å². The number of benzene rings is 1. The molecule has 0 radical (unpaired) electrons. The SMILES string of the molecule is CC(=O)N1CCc2c(cncc2C(=O)Nc2cccc(Cl)c2Cl)C1. The summed E-state index contributed by atoms with van der Waals surface area (Å²) in [6, 6.07) is 5.06. The molecule has 5 nitrogen and oxygen atoms in total. The number of pyridine rings is 1. The summed E-state index contributed by atoms with van der Waals surface area (Å²) in [5, 5.41) is 3.45. The fraction of sp³-hybridized carbons (Fsp3) is 0.235. The Hall–Kier alpha value is -2.11. The molecule has 7 heteroatoms. The Bertz CT molecular complexity index is 823. The van der Waals surface area contributed by atoms with Crippen LogP contribution in [-0.4, -0.2) is 28.2 Å². The summed E-state index contributed by atoms with van der Waals surface area (Å²) >= 11 is 12.1. The molecule has 0 atom stereocenters. The molecule has 1 aliphatic heterocycles. The number of nitrogens with zero attached hydrogens (tertiary/aromatic N) is 2. The summed E-state index contributed by atoms with van der Waals surface area (Å²) in [5.74, 6) is -0.277. The van der Waals surface area contributed by atoms with Crippen molar-refractivity contribution in [3.8, 4) is 0 Å². The van der Waals surface area contributed by atoms with Gasteiger partial charge in [0.1, 0.15) is 0 Å². The van der Waals surface area contributed by atoms with Crippen molar-refractivity contribution in [2.45, 2.75) is 19.9 Å². The minimum atomic E-state index is -0.292. The molecule has 2 heterocycles. The molecule has 3 rings (SSSR count). The number of hydrogen-bond donors (Lipinski definition) is 1. The van der Waals surface area contributed by atoms with Gasteiger partial charge in [-0.05, 0) is 29.7 Å². The highest BCUT2D eigenvalue weighted by Gasteiger charge is 2.23. The van der Waals surface area contributed by atoms with E-state index in [1.807, 2.05) is 0 Å². The van der Waals surface area contributed by atoms with E-state index in [0.29, 0.717) is 40.8 Å². The number of nitrogens with one attached hydrogen (secondary N) is 1. The van der Waals surface area contributed by atoms with Crippen molar-refractivity contribution in [3.05, 3.63) is 57.3 Å². The van der Waals surface area contributed by atoms with Gasteiger partial charge in [-0.25, -0.2) is 0 Å². The quantitative estimate of drug-likeness (QED) is 0.887. The van der Waals surface area contributed by atoms with Gasteiger partial charge >= 0.3 is 0 Å². The lowest BCUT2D eigenvalue weighted by molar-refractivity contribution is -0.129. The number of anilines is 1. The number of amides is 2. The second-order valence-electron chi connectivity index (χ2n) is 5.57. The molecule has 1 aliphatic rings. The second kappa shape index (κ2) is 6.79. The van der Waals surface area contributed by atoms with Gasteiger partial charge in [0, 0.05) is 32.4 Å². The van der Waals surface area contributed by atoms with E-state index in [-0.39, 0.29) is 11.8 Å². The van der Waals surface area contributed by atoms with Crippen molar-refractivity contribution in [2.75, 3.05) is 11.9 Å². The maximum Gasteiger partial charge on any atom is 0.257 e. The maximum absolute atomic E-state index is 12.6. The number of fused-ring (bicyclic) bond motifs is 1. The lowest BCUT2D eigenvalue weighted by Gasteiger charge is -2.28. The molecule has 124 valence electrons. The molecule has 0 bridgehead atoms. The van der Waals surface area contributed by atoms with Crippen LogP contribution in [0.5, 0.6) is 0 Å². The van der Waals surface area contributed by atoms with Gasteiger partial charge in [0.2, 0.25) is 5.91 Å². The molecule has 0 spiro atoms. The van der Waals surface area contributed by atoms with Gasteiger partial charge in [0.05, 0.1) is 21.3 Å². The number of hydrogen-bond acceptors (Lipinski definition) is 3. The van der Waals surface area contributed by atoms with E-state index in [0.717, 1.165) is 11.1 Å². The number of halogens is 2. The molecule has 0 saturated carbocycles. The lowest BCUT2D eigenvalue weighted by atomic mass is 9.96. The van der Waals surface area contributed by atoms with E-state index in [1.165, 1.54) is 13.1 Å². The minimum Gasteiger partial charge on any atom is -0.338 e. The highest BCUT2D eigenvalue weighted by atomic mass is 35.5. The topological polar surface area (TPSA) is 62.3 Å². The largest absolute Gasteiger partial charge is 0.338 e. The number of carbonyl (C=O) groups is 2. The van der Waals surface area contributed by atoms with Crippen LogP contribution in [-0.2, 0) is 17.8 Å². The van der Waals surface area contributed by atoms with Gasteiger partial charge in [-0.2, -0.15) is 0 Å². The maximum atomic E-state index is 12.6. The molecule has 1 aromatic heterocycles. The molecule has 0 fully saturated rings. The zero-order valence-corrected chi connectivity index (χ0v) is 14.5. The van der Waals surface area contributed by atoms with Crippen LogP contribution in [0.25, 0.3) is 0 Å². The number of aromatic nitrogens is 1. The summed E-state index contributed by atoms with van der Waals surface area (Å²) < 4.78 is 0. The Morgan fingerprint density at radius 3 is 2.79 bits per heavy atom. The first kappa shape index (κ1) is 16.7. The van der Waals surface area contributed by atoms with E-state index < -0.39 is 0 Å². The summed E-state index contributed by atoms with van der Waals surface area (Å²) in [6.45, 7) is 2.59. The molecule has 1 aromatic carbocycles. The van der Waals surface area contributed by atoms with Crippen molar-refractivity contribution in [3.63, 3.8) is 0 Å². The molecule has 0 unspecified atom stereocenters. The van der Waals surface area contributed by atoms with Crippen molar-refractivity contribution >= 4 is 40.7 Å². The predicted molar refractivity (Wildman–Crippen MR) is 93.4 cm³/mol. The molecule has 2 amide bonds. The Morgan fingerprint density at radius 2 is 2.04 bits per heavy atom. The number of rotatable bonds is 2. The van der Waals surface area contributed by atoms with E-state index in [2.05, 4.69) is 10.3 Å². The summed E-state index contributed by atoms with van der Waals surface area (Å²) in [5.41, 5.74) is 2.75. The third-order valence-electron chi connectivity index (χ3n) is 4.03. The van der Waals surface area contributed by atoms with E-state index in [4.69, 9.17) is 23.2 Å². The third kappa shape index (κ3) is 3.23. The molecular formula is C17H15Cl2N3O2. The zero-order chi connectivity index (χ0) is 17.3. The van der Waals surface area contributed by atoms with E-state index in [9.17, 15) is 9.59 Å². The van der Waals surface area contributed by atoms with Gasteiger partial charge < -0.3 is 10.2 Å². The smallest absolute Gasteiger partial charge is 0.257 e. The Kier molecular flexibility index (Phi) is 4.73. The van der Waals surface area contributed by atoms with Crippen LogP contribution in [0.3, 0.4) is 0 Å². The summed E-state index contributed by atoms with van der Waals surface area (Å²) in [6.07, 6.45) is 3.85. The first-order chi connectivity index (χ1) is 11.5. The van der Waals surface area contributed by atoms with Gasteiger partial charge in [-0.15, -0.1) is 0 Å². The fourth-order valence-corrected chi connectivity index (χ4v) is 3.10. The normalized spacial score (nSPS) is 13.4. The van der Waals surface area contributed by atoms with Crippen LogP contribution in [0.2, 0.25) is 10.0 Å². The van der Waals surface area contributed by atoms with Crippen molar-refractivity contribution in [1.29, 1.82) is 0 Å². The monoisotopic (exact) mass is 363 g/mol. The first-order valence-corrected chi connectivity index (χ1v) is 8.19. The average Bonchev–Trinajstić information content (AvgIpc) is 2.57. The Balaban J connectivity index is 1.88. The Labute approximate surface area is 149 Å². The van der Waals surface area contributed by atoms with Crippen LogP contribution < -0.4 is 5.32 Å². The highest BCUT2D eigenvalue weighted by molar-refractivity contribution is 6.44. The van der Waals surface area contributed by atoms with Gasteiger partial charge in [0.25, 0.3) is 5.91 Å². The van der Waals surface area contributed by atoms with Gasteiger partial charge in [-0.3, -0.25) is 14.6 Å². The molecule has 0 saturated heterocycles. The highest BCUT2D eigenvalue weighted by Crippen LogP contribution is 2.30. The van der Waals surface area contributed by atoms with Crippen LogP contribution in [0, 0.1) is 0 Å². The van der Waals surface area contributed by atoms with E-state index in [1.54, 1.807) is 29.3 Å². The van der Waals surface area contributed by atoms with Crippen LogP contribution in [0.4, 0.5) is 5.69 Å². The second-order valence-corrected chi connectivity index (χ2v) is 6.36. The third-order valence-corrected chi connectivity index (χ3v) is 4.85. The predicted octanol–water partition coefficient (Wildman–Crippen LogP) is 3.55. The molecule has 0 aliphatic carbocycles. The average molecular weight is 364 g/mol. The van der Waals surface area contributed by atoms with Crippen molar-refractivity contribution in [2.24, 2.45) is 0 Å². The van der Waals surface area contributed by atoms with Gasteiger partial charge in [0.15, 0.2) is 0 Å². The molecular weight excluding hydrogens is 349 g/mol. The van der Waals surface area contributed by atoms with E-state index >= 15 is 0 Å². The fourth-order valence-electron chi connectivity index (χ4n) is 2.75. The first-order valence-electron chi connectivity index (χ1n) is 7.44. The minimum absolute atomic E-state index is 0.0150. The Morgan fingerprint density at radius 1 is 1.25 bits per heavy atom. The van der Waals surface area contributed by atoms with Crippen LogP contribution in [0.15, 0.2) is 30.6 Å². The van der Waals surface area contributed by atoms with Crippen LogP contribution in [0.1, 0.15) is 28.4 Å². The van der Waals surface area contributed by atoms with Gasteiger partial charge in [-0.1, -0.05) is 29.3 Å². The lowest BCUT2D eigenvalue weighted by Crippen LogP contribution is -2.35. The summed E-state index contributed by atoms with van der Waals surface area (Å²) in [7, 11) is 0. The summed E-state index contributed by atoms with van der Waals surface area (Å²) in [4.78, 5) is 30.0. The van der Waals surface area contributed by atoms with Crippen LogP contribution >= 0.6 is 23.2 Å². The van der Waals surface area contributed by atoms with Crippen molar-refractivity contribution < 1.29 is 9.59 Å².